The number of piperidine rings is 1. The third-order valence-corrected chi connectivity index (χ3v) is 13.8. The van der Waals surface area contributed by atoms with E-state index in [0.29, 0.717) is 20.2 Å². The van der Waals surface area contributed by atoms with Crippen LogP contribution in [-0.2, 0) is 16.5 Å². The van der Waals surface area contributed by atoms with Crippen LogP contribution in [0, 0.1) is 19.8 Å². The molecule has 0 bridgehead atoms. The van der Waals surface area contributed by atoms with Gasteiger partial charge < -0.3 is 4.90 Å². The Balaban J connectivity index is 1.36. The Morgan fingerprint density at radius 1 is 0.745 bits per heavy atom. The number of nitrogens with zero attached hydrogens (tertiary/aromatic N) is 1. The van der Waals surface area contributed by atoms with Crippen molar-refractivity contribution in [3.63, 3.8) is 0 Å². The van der Waals surface area contributed by atoms with E-state index in [0.717, 1.165) is 62.9 Å². The summed E-state index contributed by atoms with van der Waals surface area (Å²) >= 11 is 0. The van der Waals surface area contributed by atoms with Crippen LogP contribution in [0.25, 0.3) is 0 Å². The van der Waals surface area contributed by atoms with E-state index in [2.05, 4.69) is 32.8 Å². The van der Waals surface area contributed by atoms with E-state index < -0.39 is 25.9 Å². The molecule has 5 nitrogen and oxygen atoms in total. The van der Waals surface area contributed by atoms with E-state index in [1.54, 1.807) is 72.8 Å². The Bertz CT molecular complexity index is 1690. The first-order valence-corrected chi connectivity index (χ1v) is 18.8. The summed E-state index contributed by atoms with van der Waals surface area (Å²) in [5.41, 5.74) is -2.05. The van der Waals surface area contributed by atoms with Gasteiger partial charge in [0.1, 0.15) is 0 Å². The lowest BCUT2D eigenvalue weighted by molar-refractivity contribution is -0.0540. The van der Waals surface area contributed by atoms with Gasteiger partial charge in [0, 0.05) is 11.5 Å². The van der Waals surface area contributed by atoms with Gasteiger partial charge in [-0.2, -0.15) is 13.2 Å². The average molecular weight is 685 g/mol. The second-order valence-electron chi connectivity index (χ2n) is 12.1. The van der Waals surface area contributed by atoms with Crippen molar-refractivity contribution in [1.82, 2.24) is 4.90 Å². The third-order valence-electron chi connectivity index (χ3n) is 8.70. The van der Waals surface area contributed by atoms with Crippen molar-refractivity contribution in [3.05, 3.63) is 125 Å². The summed E-state index contributed by atoms with van der Waals surface area (Å²) in [6.07, 6.45) is 4.73. The van der Waals surface area contributed by atoms with Crippen LogP contribution in [0.5, 0.6) is 0 Å². The first-order chi connectivity index (χ1) is 22.4. The summed E-state index contributed by atoms with van der Waals surface area (Å²) in [6, 6.07) is 30.2. The average Bonchev–Trinajstić information content (AvgIpc) is 3.06. The molecule has 1 N–H and O–H groups in total. The second-order valence-corrected chi connectivity index (χ2v) is 16.7. The number of aryl methyl sites for hydroxylation is 3. The summed E-state index contributed by atoms with van der Waals surface area (Å²) in [4.78, 5) is 17.0. The number of likely N-dealkylation sites (tertiary alicyclic amines) is 1. The molecule has 4 aromatic carbocycles. The first kappa shape index (κ1) is 34.9. The fraction of sp³-hybridized carbons (Fsp3) is 0.324. The van der Waals surface area contributed by atoms with Gasteiger partial charge in [-0.3, -0.25) is 8.42 Å². The minimum Gasteiger partial charge on any atom is -0.303 e. The van der Waals surface area contributed by atoms with Crippen LogP contribution < -0.4 is 0 Å². The molecule has 1 fully saturated rings. The smallest absolute Gasteiger partial charge is 0.303 e. The molecule has 47 heavy (non-hydrogen) atoms. The zero-order valence-electron chi connectivity index (χ0n) is 26.6. The number of unbranched alkanes of at least 4 members (excludes halogenated alkanes) is 1. The number of rotatable bonds is 12. The monoisotopic (exact) mass is 684 g/mol. The predicted octanol–water partition coefficient (Wildman–Crippen LogP) is 9.36. The molecular formula is C37H41F3NO4S2+. The molecular weight excluding hydrogens is 644 g/mol. The van der Waals surface area contributed by atoms with Crippen LogP contribution in [0.2, 0.25) is 0 Å². The molecule has 1 aliphatic heterocycles. The number of carbonyl (C=O) groups excluding carboxylic acids is 1. The zero-order valence-corrected chi connectivity index (χ0v) is 28.3. The molecule has 5 rings (SSSR count). The van der Waals surface area contributed by atoms with Crippen molar-refractivity contribution < 1.29 is 30.0 Å². The van der Waals surface area contributed by atoms with Gasteiger partial charge in [-0.15, -0.1) is 8.42 Å². The Kier molecular flexibility index (Phi) is 11.0. The number of Topliss-reactive ketones (excluding diaryl/α,β-unsaturated/α-hetero) is 1. The van der Waals surface area contributed by atoms with Crippen molar-refractivity contribution in [1.29, 1.82) is 0 Å². The Labute approximate surface area is 277 Å². The first-order valence-electron chi connectivity index (χ1n) is 15.8. The Morgan fingerprint density at radius 2 is 1.23 bits per heavy atom. The van der Waals surface area contributed by atoms with E-state index in [4.69, 9.17) is 0 Å². The van der Waals surface area contributed by atoms with Crippen molar-refractivity contribution in [3.8, 4) is 0 Å². The molecule has 0 aliphatic carbocycles. The molecule has 250 valence electrons. The van der Waals surface area contributed by atoms with Crippen molar-refractivity contribution >= 4 is 26.2 Å². The van der Waals surface area contributed by atoms with Gasteiger partial charge in [0.25, 0.3) is 0 Å². The number of alkyl halides is 3. The predicted molar refractivity (Wildman–Crippen MR) is 182 cm³/mol. The van der Waals surface area contributed by atoms with E-state index in [-0.39, 0.29) is 11.7 Å². The number of hydrogen-bond donors (Lipinski definition) is 0. The molecule has 0 unspecified atom stereocenters. The molecule has 1 aliphatic rings. The van der Waals surface area contributed by atoms with Crippen molar-refractivity contribution in [2.75, 3.05) is 19.6 Å². The summed E-state index contributed by atoms with van der Waals surface area (Å²) < 4.78 is 70.9. The largest absolute Gasteiger partial charge is 0.572 e. The molecule has 0 aromatic heterocycles. The van der Waals surface area contributed by atoms with Gasteiger partial charge in [-0.1, -0.05) is 77.9 Å². The molecule has 0 spiro atoms. The van der Waals surface area contributed by atoms with Gasteiger partial charge in [-0.05, 0) is 108 Å². The van der Waals surface area contributed by atoms with E-state index in [1.165, 1.54) is 5.56 Å². The van der Waals surface area contributed by atoms with Crippen LogP contribution in [0.4, 0.5) is 13.2 Å². The van der Waals surface area contributed by atoms with Crippen LogP contribution in [-0.4, -0.2) is 47.9 Å². The minimum atomic E-state index is -5.90. The topological polar surface area (TPSA) is 67.2 Å². The maximum Gasteiger partial charge on any atom is 0.572 e. The molecule has 0 saturated carbocycles. The molecule has 1 saturated heterocycles. The second kappa shape index (κ2) is 14.8. The summed E-state index contributed by atoms with van der Waals surface area (Å²) in [5.74, 6) is -0.158. The van der Waals surface area contributed by atoms with Gasteiger partial charge in [-0.25, -0.2) is 0 Å². The highest BCUT2D eigenvalue weighted by Gasteiger charge is 2.58. The van der Waals surface area contributed by atoms with E-state index in [9.17, 15) is 26.4 Å². The van der Waals surface area contributed by atoms with Gasteiger partial charge in [0.2, 0.25) is 0 Å². The fourth-order valence-corrected chi connectivity index (χ4v) is 10.9. The molecule has 0 atom stereocenters. The van der Waals surface area contributed by atoms with Crippen LogP contribution in [0.15, 0.2) is 118 Å². The van der Waals surface area contributed by atoms with Crippen molar-refractivity contribution in [2.45, 2.75) is 66.1 Å². The standard InChI is InChI=1S/C37H40F3NO4S2/c1-28-11-17-33(18-12-28)46(34-19-13-29(2)14-20-34,45-47(43,44)37(38,39)40)35-21-15-31(16-22-35)36(42)32-23-26-41(27-24-32)25-7-6-10-30-8-4-3-5-9-30/h3-5,8-9,11-22,32H,6-7,10,23-27H2,1-2H3/p+1. The molecule has 10 heteroatoms. The SMILES string of the molecule is Cc1ccc(S([OH+]S(=O)(=O)C(F)(F)F)(c2ccc(C)cc2)c2ccc(C(=O)C3CCN(CCCCc4ccccc4)CC3)cc2)cc1. The van der Waals surface area contributed by atoms with Crippen molar-refractivity contribution in [2.24, 2.45) is 5.92 Å². The quantitative estimate of drug-likeness (QED) is 0.0491. The normalized spacial score (nSPS) is 15.4. The molecule has 0 amide bonds. The Morgan fingerprint density at radius 3 is 1.72 bits per heavy atom. The highest BCUT2D eigenvalue weighted by molar-refractivity contribution is 8.32. The van der Waals surface area contributed by atoms with Crippen LogP contribution in [0.1, 0.15) is 52.7 Å². The lowest BCUT2D eigenvalue weighted by Crippen LogP contribution is -2.37. The summed E-state index contributed by atoms with van der Waals surface area (Å²) in [6.45, 7) is 6.35. The van der Waals surface area contributed by atoms with Crippen LogP contribution in [0.3, 0.4) is 0 Å². The number of carbonyl (C=O) groups is 1. The highest BCUT2D eigenvalue weighted by atomic mass is 32.3. The zero-order chi connectivity index (χ0) is 33.7. The lowest BCUT2D eigenvalue weighted by atomic mass is 9.89. The van der Waals surface area contributed by atoms with E-state index >= 15 is 0 Å². The highest BCUT2D eigenvalue weighted by Crippen LogP contribution is 2.69. The van der Waals surface area contributed by atoms with E-state index in [1.807, 2.05) is 19.9 Å². The molecule has 1 heterocycles. The summed E-state index contributed by atoms with van der Waals surface area (Å²) in [5, 5.41) is 0. The maximum absolute atomic E-state index is 13.9. The lowest BCUT2D eigenvalue weighted by Gasteiger charge is -2.35. The number of hydrogen-bond acceptors (Lipinski definition) is 4. The molecule has 4 aromatic rings. The maximum atomic E-state index is 13.9. The number of benzene rings is 4. The molecule has 0 radical (unpaired) electrons. The number of ketones is 1. The fourth-order valence-electron chi connectivity index (χ4n) is 5.98. The number of halogens is 3. The summed E-state index contributed by atoms with van der Waals surface area (Å²) in [7, 11) is -9.21. The van der Waals surface area contributed by atoms with Gasteiger partial charge >= 0.3 is 15.6 Å². The van der Waals surface area contributed by atoms with Crippen LogP contribution >= 0.6 is 10.3 Å². The van der Waals surface area contributed by atoms with Gasteiger partial charge in [0.05, 0.1) is 25.0 Å². The third kappa shape index (κ3) is 8.17. The minimum absolute atomic E-state index is 0.00796. The Hall–Kier alpha value is -3.44. The van der Waals surface area contributed by atoms with Gasteiger partial charge in [0.15, 0.2) is 5.78 Å².